The molecule has 0 atom stereocenters. The number of hydrogen-bond donors (Lipinski definition) is 0. The molecule has 10 heteroatoms. The van der Waals surface area contributed by atoms with Crippen molar-refractivity contribution in [1.82, 2.24) is 9.80 Å². The van der Waals surface area contributed by atoms with Crippen LogP contribution in [0.25, 0.3) is 22.3 Å². The Morgan fingerprint density at radius 1 is 0.378 bits per heavy atom. The number of amides is 2. The van der Waals surface area contributed by atoms with Crippen molar-refractivity contribution in [2.24, 2.45) is 0 Å². The Bertz CT molecular complexity index is 2620. The average Bonchev–Trinajstić information content (AvgIpc) is 1.85. The van der Waals surface area contributed by atoms with E-state index in [9.17, 15) is 9.59 Å². The molecule has 2 saturated heterocycles. The van der Waals surface area contributed by atoms with E-state index in [0.29, 0.717) is 91.5 Å². The number of hydrogen-bond acceptors (Lipinski definition) is 8. The van der Waals surface area contributed by atoms with E-state index in [1.54, 1.807) is 4.90 Å². The van der Waals surface area contributed by atoms with E-state index in [0.717, 1.165) is 25.7 Å². The fourth-order valence-electron chi connectivity index (χ4n) is 13.3. The number of benzene rings is 4. The maximum absolute atomic E-state index is 13.5. The predicted molar refractivity (Wildman–Crippen MR) is 371 cm³/mol. The minimum Gasteiger partial charge on any atom is -0.448 e. The number of likely N-dealkylation sites (tertiary alicyclic amines) is 2. The highest BCUT2D eigenvalue weighted by atomic mass is 16.7. The fraction of sp³-hybridized carbons (Fsp3) is 0.575. The molecule has 2 fully saturated rings. The first kappa shape index (κ1) is 71.7. The normalized spacial score (nSPS) is 16.0. The Labute approximate surface area is 544 Å². The summed E-state index contributed by atoms with van der Waals surface area (Å²) in [6.45, 7) is 14.1. The van der Waals surface area contributed by atoms with Crippen LogP contribution < -0.4 is 0 Å². The van der Waals surface area contributed by atoms with Gasteiger partial charge in [0.15, 0.2) is 11.6 Å². The lowest BCUT2D eigenvalue weighted by atomic mass is 9.98. The number of fused-ring (bicyclic) bond motifs is 6. The molecule has 2 aliphatic carbocycles. The molecule has 0 N–H and O–H groups in total. The van der Waals surface area contributed by atoms with E-state index in [-0.39, 0.29) is 24.0 Å². The Morgan fingerprint density at radius 3 is 0.989 bits per heavy atom. The molecule has 90 heavy (non-hydrogen) atoms. The Hall–Kier alpha value is -5.78. The summed E-state index contributed by atoms with van der Waals surface area (Å²) in [6, 6.07) is 33.8. The molecule has 0 unspecified atom stereocenters. The number of carbonyl (C=O) groups excluding carboxylic acids is 2. The van der Waals surface area contributed by atoms with E-state index in [1.165, 1.54) is 173 Å². The largest absolute Gasteiger partial charge is 0.448 e. The number of piperidine rings is 2. The molecular weight excluding hydrogens is 1120 g/mol. The highest BCUT2D eigenvalue weighted by Gasteiger charge is 2.40. The van der Waals surface area contributed by atoms with Gasteiger partial charge >= 0.3 is 12.2 Å². The topological polar surface area (TPSA) is 96.0 Å². The lowest BCUT2D eigenvalue weighted by molar-refractivity contribution is -0.256. The van der Waals surface area contributed by atoms with Gasteiger partial charge in [0, 0.05) is 76.9 Å². The van der Waals surface area contributed by atoms with Crippen LogP contribution in [0.3, 0.4) is 0 Å². The molecule has 0 saturated carbocycles. The zero-order valence-electron chi connectivity index (χ0n) is 56.0. The van der Waals surface area contributed by atoms with E-state index < -0.39 is 11.6 Å². The summed E-state index contributed by atoms with van der Waals surface area (Å²) in [4.78, 5) is 29.8. The molecule has 2 amide bonds. The Morgan fingerprint density at radius 2 is 0.667 bits per heavy atom. The highest BCUT2D eigenvalue weighted by Crippen LogP contribution is 2.46. The van der Waals surface area contributed by atoms with Crippen molar-refractivity contribution in [2.45, 2.75) is 231 Å². The zero-order chi connectivity index (χ0) is 63.2. The summed E-state index contributed by atoms with van der Waals surface area (Å²) in [5.41, 5.74) is 9.90. The zero-order valence-corrected chi connectivity index (χ0v) is 56.0. The smallest absolute Gasteiger partial charge is 0.409 e. The van der Waals surface area contributed by atoms with Gasteiger partial charge in [0.05, 0.1) is 13.2 Å². The number of ether oxygens (including phenoxy) is 6. The number of allylic oxidation sites excluding steroid dienone is 8. The summed E-state index contributed by atoms with van der Waals surface area (Å²) < 4.78 is 36.8. The second-order valence-electron chi connectivity index (χ2n) is 25.1. The molecule has 0 spiro atoms. The maximum Gasteiger partial charge on any atom is 0.409 e. The number of nitrogens with zero attached hydrogens (tertiary/aromatic N) is 2. The van der Waals surface area contributed by atoms with E-state index >= 15 is 0 Å². The van der Waals surface area contributed by atoms with Crippen LogP contribution in [-0.2, 0) is 28.4 Å². The van der Waals surface area contributed by atoms with Gasteiger partial charge in [-0.05, 0) is 135 Å². The molecule has 0 bridgehead atoms. The summed E-state index contributed by atoms with van der Waals surface area (Å²) in [6.07, 6.45) is 50.5. The molecule has 4 aliphatic rings. The van der Waals surface area contributed by atoms with E-state index in [1.807, 2.05) is 30.9 Å². The highest BCUT2D eigenvalue weighted by molar-refractivity contribution is 5.80. The Kier molecular flexibility index (Phi) is 33.2. The summed E-state index contributed by atoms with van der Waals surface area (Å²) in [5, 5.41) is 0. The van der Waals surface area contributed by atoms with Crippen LogP contribution >= 0.6 is 0 Å². The fourth-order valence-corrected chi connectivity index (χ4v) is 13.3. The third-order valence-corrected chi connectivity index (χ3v) is 18.5. The van der Waals surface area contributed by atoms with Crippen LogP contribution in [0.5, 0.6) is 0 Å². The molecule has 10 nitrogen and oxygen atoms in total. The number of carbonyl (C=O) groups is 2. The van der Waals surface area contributed by atoms with Gasteiger partial charge in [-0.1, -0.05) is 237 Å². The maximum atomic E-state index is 13.5. The quantitative estimate of drug-likeness (QED) is 0.0247. The third kappa shape index (κ3) is 23.4. The molecule has 0 radical (unpaired) electrons. The third-order valence-electron chi connectivity index (χ3n) is 18.5. The van der Waals surface area contributed by atoms with Gasteiger partial charge in [-0.3, -0.25) is 0 Å². The first-order valence-corrected chi connectivity index (χ1v) is 35.7. The van der Waals surface area contributed by atoms with Crippen molar-refractivity contribution in [3.8, 4) is 22.3 Å². The van der Waals surface area contributed by atoms with Crippen LogP contribution in [0, 0.1) is 0 Å². The van der Waals surface area contributed by atoms with Crippen molar-refractivity contribution >= 4 is 12.2 Å². The standard InChI is InChI=1S/C56H85NO4.C24H29NO4/c1-3-5-7-9-11-13-15-17-19-21-23-25-27-29-31-37-47-60-56(61-48-38-32-30-28-26-24-22-20-18-16-14-12-10-8-6-4-2)43-45-57(46-44-56)55(58)59-49-54-52-41-35-33-39-50(52)51-40-34-36-42-53(51)54;1-3-28-24(29-4-2)13-15-25(16-14-24)23(26)27-17-22-20-11-7-5-9-18(20)19-10-6-8-12-21(19)22/h11-14,17-20,33-36,39-42,54H,3-10,15-16,21-32,37-38,43-49H2,1-2H3;5-12,22H,3-4,13-17H2,1-2H3/b13-11-,14-12-,19-17-,20-18-;. The van der Waals surface area contributed by atoms with Gasteiger partial charge in [0.2, 0.25) is 0 Å². The molecule has 492 valence electrons. The summed E-state index contributed by atoms with van der Waals surface area (Å²) in [5.74, 6) is -1.03. The van der Waals surface area contributed by atoms with Crippen LogP contribution in [0.2, 0.25) is 0 Å². The second kappa shape index (κ2) is 41.7. The minimum absolute atomic E-state index is 0.0651. The van der Waals surface area contributed by atoms with E-state index in [4.69, 9.17) is 28.4 Å². The molecule has 2 heterocycles. The molecule has 8 rings (SSSR count). The van der Waals surface area contributed by atoms with Crippen molar-refractivity contribution in [3.05, 3.63) is 168 Å². The first-order valence-electron chi connectivity index (χ1n) is 35.7. The van der Waals surface area contributed by atoms with Gasteiger partial charge < -0.3 is 38.2 Å². The van der Waals surface area contributed by atoms with Crippen molar-refractivity contribution in [3.63, 3.8) is 0 Å². The monoisotopic (exact) mass is 1230 g/mol. The molecule has 4 aromatic carbocycles. The van der Waals surface area contributed by atoms with Crippen LogP contribution in [0.4, 0.5) is 9.59 Å². The number of rotatable bonds is 40. The van der Waals surface area contributed by atoms with Crippen LogP contribution in [0.15, 0.2) is 146 Å². The summed E-state index contributed by atoms with van der Waals surface area (Å²) >= 11 is 0. The molecular formula is C80H114N2O8. The minimum atomic E-state index is -0.617. The van der Waals surface area contributed by atoms with Gasteiger partial charge in [-0.15, -0.1) is 0 Å². The average molecular weight is 1230 g/mol. The lowest BCUT2D eigenvalue weighted by Crippen LogP contribution is -2.50. The van der Waals surface area contributed by atoms with Crippen molar-refractivity contribution in [1.29, 1.82) is 0 Å². The first-order chi connectivity index (χ1) is 44.3. The number of unbranched alkanes of at least 4 members (excludes halogenated alkanes) is 18. The van der Waals surface area contributed by atoms with Gasteiger partial charge in [0.1, 0.15) is 13.2 Å². The van der Waals surface area contributed by atoms with Crippen molar-refractivity contribution in [2.75, 3.05) is 65.8 Å². The van der Waals surface area contributed by atoms with Crippen molar-refractivity contribution < 1.29 is 38.0 Å². The van der Waals surface area contributed by atoms with Gasteiger partial charge in [-0.25, -0.2) is 9.59 Å². The molecule has 0 aromatic heterocycles. The summed E-state index contributed by atoms with van der Waals surface area (Å²) in [7, 11) is 0. The predicted octanol–water partition coefficient (Wildman–Crippen LogP) is 21.2. The van der Waals surface area contributed by atoms with Crippen LogP contribution in [-0.4, -0.2) is 99.4 Å². The van der Waals surface area contributed by atoms with E-state index in [2.05, 4.69) is 147 Å². The molecule has 2 aliphatic heterocycles. The SMILES string of the molecule is CCCCC/C=C\C/C=C\CCCCCCCCOC1(OCCCCCCCC/C=C\C/C=C\CCCCC)CCN(C(=O)OCC2c3ccccc3-c3ccccc32)CC1.CCOC1(OCC)CCN(C(=O)OCC2c3ccccc3-c3ccccc32)CC1. The van der Waals surface area contributed by atoms with Gasteiger partial charge in [-0.2, -0.15) is 0 Å². The lowest BCUT2D eigenvalue weighted by Gasteiger charge is -2.41. The Balaban J connectivity index is 0.000000328. The molecule has 4 aromatic rings. The van der Waals surface area contributed by atoms with Gasteiger partial charge in [0.25, 0.3) is 0 Å². The second-order valence-corrected chi connectivity index (χ2v) is 25.1. The van der Waals surface area contributed by atoms with Crippen LogP contribution in [0.1, 0.15) is 242 Å².